The Morgan fingerprint density at radius 1 is 1.25 bits per heavy atom. The molecule has 2 aromatic carbocycles. The van der Waals surface area contributed by atoms with E-state index in [1.165, 1.54) is 18.2 Å². The highest BCUT2D eigenvalue weighted by Gasteiger charge is 2.26. The maximum atomic E-state index is 13.3. The van der Waals surface area contributed by atoms with Gasteiger partial charge in [0.15, 0.2) is 12.0 Å². The molecule has 2 atom stereocenters. The topological polar surface area (TPSA) is 87.8 Å². The number of carbonyl (C=O) groups is 1. The number of hydrogen-bond acceptors (Lipinski definition) is 6. The Hall–Kier alpha value is -3.32. The van der Waals surface area contributed by atoms with Crippen LogP contribution in [0.15, 0.2) is 36.4 Å². The van der Waals surface area contributed by atoms with Crippen LogP contribution in [0.2, 0.25) is 0 Å². The first kappa shape index (κ1) is 27.3. The zero-order valence-corrected chi connectivity index (χ0v) is 21.0. The third-order valence-electron chi connectivity index (χ3n) is 5.66. The minimum absolute atomic E-state index is 0.0758. The molecule has 1 aromatic heterocycles. The molecule has 7 nitrogen and oxygen atoms in total. The molecule has 0 aliphatic heterocycles. The molecule has 0 saturated carbocycles. The zero-order chi connectivity index (χ0) is 26.6. The van der Waals surface area contributed by atoms with Crippen molar-refractivity contribution in [3.05, 3.63) is 53.3 Å². The van der Waals surface area contributed by atoms with Gasteiger partial charge >= 0.3 is 6.61 Å². The number of aliphatic hydroxyl groups excluding tert-OH is 1. The van der Waals surface area contributed by atoms with Crippen LogP contribution >= 0.6 is 0 Å². The van der Waals surface area contributed by atoms with Crippen LogP contribution in [-0.2, 0) is 0 Å². The predicted molar refractivity (Wildman–Crippen MR) is 134 cm³/mol. The number of halogens is 2. The minimum Gasteiger partial charge on any atom is -0.433 e. The molecule has 0 saturated heterocycles. The lowest BCUT2D eigenvalue weighted by molar-refractivity contribution is -0.0499. The molecule has 2 N–H and O–H groups in total. The van der Waals surface area contributed by atoms with Gasteiger partial charge in [0, 0.05) is 17.5 Å². The smallest absolute Gasteiger partial charge is 0.387 e. The number of alkyl halides is 2. The van der Waals surface area contributed by atoms with Crippen LogP contribution in [0.5, 0.6) is 5.75 Å². The molecule has 3 aromatic rings. The van der Waals surface area contributed by atoms with Gasteiger partial charge in [0.2, 0.25) is 0 Å². The highest BCUT2D eigenvalue weighted by atomic mass is 19.3. The molecule has 0 amide bonds. The number of aromatic nitrogens is 2. The summed E-state index contributed by atoms with van der Waals surface area (Å²) in [6.07, 6.45) is 0.296. The van der Waals surface area contributed by atoms with E-state index in [-0.39, 0.29) is 29.5 Å². The third kappa shape index (κ3) is 6.26. The van der Waals surface area contributed by atoms with Crippen LogP contribution in [0.1, 0.15) is 61.4 Å². The van der Waals surface area contributed by atoms with Gasteiger partial charge in [-0.2, -0.15) is 8.78 Å². The van der Waals surface area contributed by atoms with Gasteiger partial charge in [0.05, 0.1) is 22.7 Å². The van der Waals surface area contributed by atoms with Gasteiger partial charge in [-0.25, -0.2) is 4.98 Å². The summed E-state index contributed by atoms with van der Waals surface area (Å²) < 4.78 is 33.1. The Labute approximate surface area is 209 Å². The van der Waals surface area contributed by atoms with Gasteiger partial charge in [-0.05, 0) is 64.7 Å². The minimum atomic E-state index is -3.08. The number of aliphatic hydroxyl groups is 2. The Balaban J connectivity index is 2.29. The number of para-hydroxylation sites is 1. The molecule has 0 spiro atoms. The first-order valence-electron chi connectivity index (χ1n) is 11.6. The van der Waals surface area contributed by atoms with Gasteiger partial charge in [-0.15, -0.1) is 0 Å². The Morgan fingerprint density at radius 3 is 2.56 bits per heavy atom. The van der Waals surface area contributed by atoms with Crippen LogP contribution in [0, 0.1) is 11.8 Å². The van der Waals surface area contributed by atoms with Crippen molar-refractivity contribution in [2.45, 2.75) is 58.0 Å². The average Bonchev–Trinajstić information content (AvgIpc) is 3.14. The number of benzene rings is 2. The van der Waals surface area contributed by atoms with Gasteiger partial charge < -0.3 is 14.9 Å². The van der Waals surface area contributed by atoms with Gasteiger partial charge in [0.1, 0.15) is 17.6 Å². The van der Waals surface area contributed by atoms with Crippen LogP contribution < -0.4 is 4.74 Å². The second-order valence-electron chi connectivity index (χ2n) is 9.39. The molecule has 0 fully saturated rings. The fraction of sp³-hybridized carbons (Fsp3) is 0.407. The summed E-state index contributed by atoms with van der Waals surface area (Å²) >= 11 is 0. The SMILES string of the molecule is CC[C@H](c1nc2ccc(C#CC(O)CC(C)(C)O)cc2n1-c1c(C=O)cccc1OC(F)F)N(C)C. The van der Waals surface area contributed by atoms with E-state index in [0.717, 1.165) is 0 Å². The quantitative estimate of drug-likeness (QED) is 0.337. The number of fused-ring (bicyclic) bond motifs is 1. The van der Waals surface area contributed by atoms with E-state index < -0.39 is 18.3 Å². The van der Waals surface area contributed by atoms with E-state index in [1.54, 1.807) is 36.6 Å². The van der Waals surface area contributed by atoms with Crippen molar-refractivity contribution in [2.75, 3.05) is 14.1 Å². The summed E-state index contributed by atoms with van der Waals surface area (Å²) in [5.41, 5.74) is 0.922. The van der Waals surface area contributed by atoms with Gasteiger partial charge in [-0.3, -0.25) is 14.3 Å². The molecule has 0 aliphatic carbocycles. The summed E-state index contributed by atoms with van der Waals surface area (Å²) in [4.78, 5) is 18.7. The highest BCUT2D eigenvalue weighted by molar-refractivity contribution is 5.87. The summed E-state index contributed by atoms with van der Waals surface area (Å²) in [6, 6.07) is 9.42. The van der Waals surface area contributed by atoms with E-state index >= 15 is 0 Å². The van der Waals surface area contributed by atoms with Crippen molar-refractivity contribution < 1.29 is 28.5 Å². The highest BCUT2D eigenvalue weighted by Crippen LogP contribution is 2.36. The number of nitrogens with zero attached hydrogens (tertiary/aromatic N) is 3. The van der Waals surface area contributed by atoms with E-state index in [0.29, 0.717) is 35.1 Å². The summed E-state index contributed by atoms with van der Waals surface area (Å²) in [5, 5.41) is 20.1. The van der Waals surface area contributed by atoms with Crippen LogP contribution in [0.25, 0.3) is 16.7 Å². The average molecular weight is 500 g/mol. The molecular weight excluding hydrogens is 468 g/mol. The largest absolute Gasteiger partial charge is 0.433 e. The van der Waals surface area contributed by atoms with E-state index in [2.05, 4.69) is 11.8 Å². The summed E-state index contributed by atoms with van der Waals surface area (Å²) in [7, 11) is 3.78. The first-order chi connectivity index (χ1) is 16.9. The maximum Gasteiger partial charge on any atom is 0.387 e. The molecule has 9 heteroatoms. The molecular formula is C27H31F2N3O4. The number of ether oxygens (including phenoxy) is 1. The van der Waals surface area contributed by atoms with Crippen LogP contribution in [0.3, 0.4) is 0 Å². The van der Waals surface area contributed by atoms with Crippen LogP contribution in [-0.4, -0.2) is 63.4 Å². The molecule has 192 valence electrons. The molecule has 36 heavy (non-hydrogen) atoms. The fourth-order valence-electron chi connectivity index (χ4n) is 4.16. The molecule has 0 aliphatic rings. The van der Waals surface area contributed by atoms with Crippen molar-refractivity contribution in [1.82, 2.24) is 14.5 Å². The molecule has 1 unspecified atom stereocenters. The standard InChI is InChI=1S/C27H31F2N3O4/c1-6-21(31(4)5)25-30-20-13-11-17(10-12-19(34)15-27(2,3)35)14-22(20)32(25)24-18(16-33)8-7-9-23(24)36-26(28)29/h7-9,11,13-14,16,19,21,26,34-35H,6,15H2,1-5H3/t19?,21-/m1/s1. The number of imidazole rings is 1. The van der Waals surface area contributed by atoms with Crippen molar-refractivity contribution in [3.8, 4) is 23.3 Å². The molecule has 0 radical (unpaired) electrons. The van der Waals surface area contributed by atoms with Crippen molar-refractivity contribution >= 4 is 17.3 Å². The number of carbonyl (C=O) groups excluding carboxylic acids is 1. The fourth-order valence-corrected chi connectivity index (χ4v) is 4.16. The lowest BCUT2D eigenvalue weighted by Crippen LogP contribution is -2.25. The van der Waals surface area contributed by atoms with Gasteiger partial charge in [-0.1, -0.05) is 24.8 Å². The first-order valence-corrected chi connectivity index (χ1v) is 11.6. The summed E-state index contributed by atoms with van der Waals surface area (Å²) in [5.74, 6) is 6.03. The lowest BCUT2D eigenvalue weighted by atomic mass is 10.0. The second-order valence-corrected chi connectivity index (χ2v) is 9.39. The van der Waals surface area contributed by atoms with Crippen LogP contribution in [0.4, 0.5) is 8.78 Å². The summed E-state index contributed by atoms with van der Waals surface area (Å²) in [6.45, 7) is 2.07. The number of aldehydes is 1. The Kier molecular flexibility index (Phi) is 8.46. The Morgan fingerprint density at radius 2 is 1.97 bits per heavy atom. The van der Waals surface area contributed by atoms with E-state index in [9.17, 15) is 23.8 Å². The number of hydrogen-bond donors (Lipinski definition) is 2. The normalized spacial score (nSPS) is 13.5. The molecule has 3 rings (SSSR count). The third-order valence-corrected chi connectivity index (χ3v) is 5.66. The Bertz CT molecular complexity index is 1290. The predicted octanol–water partition coefficient (Wildman–Crippen LogP) is 4.33. The monoisotopic (exact) mass is 499 g/mol. The molecule has 0 bridgehead atoms. The van der Waals surface area contributed by atoms with Crippen molar-refractivity contribution in [2.24, 2.45) is 0 Å². The lowest BCUT2D eigenvalue weighted by Gasteiger charge is -2.25. The van der Waals surface area contributed by atoms with Crippen molar-refractivity contribution in [1.29, 1.82) is 0 Å². The zero-order valence-electron chi connectivity index (χ0n) is 21.0. The van der Waals surface area contributed by atoms with E-state index in [4.69, 9.17) is 9.72 Å². The molecule has 1 heterocycles. The maximum absolute atomic E-state index is 13.3. The van der Waals surface area contributed by atoms with Crippen molar-refractivity contribution in [3.63, 3.8) is 0 Å². The second kappa shape index (κ2) is 11.2. The van der Waals surface area contributed by atoms with Gasteiger partial charge in [0.25, 0.3) is 0 Å². The number of rotatable bonds is 9. The van der Waals surface area contributed by atoms with E-state index in [1.807, 2.05) is 25.9 Å².